The normalized spacial score (nSPS) is 23.4. The molecule has 2 N–H and O–H groups in total. The second-order valence-electron chi connectivity index (χ2n) is 5.09. The van der Waals surface area contributed by atoms with Crippen LogP contribution in [0.15, 0.2) is 30.3 Å². The van der Waals surface area contributed by atoms with Gasteiger partial charge in [-0.05, 0) is 24.9 Å². The second-order valence-corrected chi connectivity index (χ2v) is 5.09. The molecule has 1 aliphatic rings. The van der Waals surface area contributed by atoms with Gasteiger partial charge in [-0.25, -0.2) is 0 Å². The number of aliphatic hydroxyl groups excluding tert-OH is 2. The summed E-state index contributed by atoms with van der Waals surface area (Å²) in [6, 6.07) is 10.1. The van der Waals surface area contributed by atoms with Crippen LogP contribution in [0.1, 0.15) is 24.4 Å². The summed E-state index contributed by atoms with van der Waals surface area (Å²) in [4.78, 5) is 2.26. The average molecular weight is 265 g/mol. The summed E-state index contributed by atoms with van der Waals surface area (Å²) in [7, 11) is 1.70. The molecule has 2 rings (SSSR count). The van der Waals surface area contributed by atoms with Crippen molar-refractivity contribution in [3.63, 3.8) is 0 Å². The SMILES string of the molecule is COC[C@H]1CCCN1[C@H](c1ccccc1)[C@@H](O)CO. The Morgan fingerprint density at radius 1 is 1.37 bits per heavy atom. The van der Waals surface area contributed by atoms with Gasteiger partial charge >= 0.3 is 0 Å². The monoisotopic (exact) mass is 265 g/mol. The van der Waals surface area contributed by atoms with E-state index < -0.39 is 6.10 Å². The number of methoxy groups -OCH3 is 1. The largest absolute Gasteiger partial charge is 0.394 e. The molecule has 0 spiro atoms. The highest BCUT2D eigenvalue weighted by atomic mass is 16.5. The predicted octanol–water partition coefficient (Wildman–Crippen LogP) is 1.19. The van der Waals surface area contributed by atoms with Crippen molar-refractivity contribution in [2.45, 2.75) is 31.0 Å². The summed E-state index contributed by atoms with van der Waals surface area (Å²) in [5, 5.41) is 19.5. The average Bonchev–Trinajstić information content (AvgIpc) is 2.89. The van der Waals surface area contributed by atoms with Crippen LogP contribution in [0.4, 0.5) is 0 Å². The van der Waals surface area contributed by atoms with Crippen molar-refractivity contribution in [2.75, 3.05) is 26.9 Å². The van der Waals surface area contributed by atoms with Gasteiger partial charge in [0.25, 0.3) is 0 Å². The molecule has 1 aromatic rings. The first-order valence-electron chi connectivity index (χ1n) is 6.86. The summed E-state index contributed by atoms with van der Waals surface area (Å²) in [5.41, 5.74) is 1.05. The topological polar surface area (TPSA) is 52.9 Å². The highest BCUT2D eigenvalue weighted by Gasteiger charge is 2.35. The van der Waals surface area contributed by atoms with Crippen molar-refractivity contribution in [3.05, 3.63) is 35.9 Å². The number of nitrogens with zero attached hydrogens (tertiary/aromatic N) is 1. The lowest BCUT2D eigenvalue weighted by atomic mass is 9.99. The Morgan fingerprint density at radius 3 is 2.74 bits per heavy atom. The number of aliphatic hydroxyl groups is 2. The fraction of sp³-hybridized carbons (Fsp3) is 0.600. The van der Waals surface area contributed by atoms with Gasteiger partial charge in [-0.15, -0.1) is 0 Å². The fourth-order valence-corrected chi connectivity index (χ4v) is 2.98. The van der Waals surface area contributed by atoms with Gasteiger partial charge in [0.15, 0.2) is 0 Å². The van der Waals surface area contributed by atoms with E-state index in [4.69, 9.17) is 4.74 Å². The first-order chi connectivity index (χ1) is 9.27. The molecule has 106 valence electrons. The Labute approximate surface area is 114 Å². The molecular formula is C15H23NO3. The van der Waals surface area contributed by atoms with Gasteiger partial charge in [0.05, 0.1) is 25.4 Å². The number of ether oxygens (including phenoxy) is 1. The molecule has 1 saturated heterocycles. The molecule has 1 heterocycles. The molecule has 1 aliphatic heterocycles. The van der Waals surface area contributed by atoms with Crippen LogP contribution in [0.25, 0.3) is 0 Å². The Kier molecular flexibility index (Phi) is 5.34. The van der Waals surface area contributed by atoms with Crippen molar-refractivity contribution in [1.29, 1.82) is 0 Å². The third-order valence-corrected chi connectivity index (χ3v) is 3.83. The van der Waals surface area contributed by atoms with E-state index >= 15 is 0 Å². The summed E-state index contributed by atoms with van der Waals surface area (Å²) in [6.07, 6.45) is 1.42. The Bertz CT molecular complexity index is 371. The predicted molar refractivity (Wildman–Crippen MR) is 73.9 cm³/mol. The van der Waals surface area contributed by atoms with E-state index in [0.29, 0.717) is 12.6 Å². The van der Waals surface area contributed by atoms with Gasteiger partial charge in [-0.2, -0.15) is 0 Å². The smallest absolute Gasteiger partial charge is 0.0967 e. The number of benzene rings is 1. The lowest BCUT2D eigenvalue weighted by Gasteiger charge is -2.35. The van der Waals surface area contributed by atoms with Crippen LogP contribution < -0.4 is 0 Å². The van der Waals surface area contributed by atoms with E-state index in [1.165, 1.54) is 0 Å². The minimum absolute atomic E-state index is 0.158. The summed E-state index contributed by atoms with van der Waals surface area (Å²) < 4.78 is 5.27. The molecule has 3 atom stereocenters. The van der Waals surface area contributed by atoms with Gasteiger partial charge in [0.1, 0.15) is 0 Å². The zero-order valence-corrected chi connectivity index (χ0v) is 11.4. The number of likely N-dealkylation sites (tertiary alicyclic amines) is 1. The summed E-state index contributed by atoms with van der Waals surface area (Å²) in [6.45, 7) is 1.38. The number of hydrogen-bond acceptors (Lipinski definition) is 4. The lowest BCUT2D eigenvalue weighted by Crippen LogP contribution is -2.42. The Hall–Kier alpha value is -0.940. The lowest BCUT2D eigenvalue weighted by molar-refractivity contribution is -0.00861. The van der Waals surface area contributed by atoms with Crippen molar-refractivity contribution in [1.82, 2.24) is 4.90 Å². The molecule has 0 radical (unpaired) electrons. The Morgan fingerprint density at radius 2 is 2.11 bits per heavy atom. The molecule has 4 heteroatoms. The highest BCUT2D eigenvalue weighted by Crippen LogP contribution is 2.32. The van der Waals surface area contributed by atoms with E-state index in [1.807, 2.05) is 30.3 Å². The van der Waals surface area contributed by atoms with E-state index in [9.17, 15) is 10.2 Å². The van der Waals surface area contributed by atoms with Crippen LogP contribution in [0, 0.1) is 0 Å². The van der Waals surface area contributed by atoms with Crippen LogP contribution in [0.2, 0.25) is 0 Å². The fourth-order valence-electron chi connectivity index (χ4n) is 2.98. The third kappa shape index (κ3) is 3.34. The van der Waals surface area contributed by atoms with Crippen molar-refractivity contribution >= 4 is 0 Å². The van der Waals surface area contributed by atoms with Crippen molar-refractivity contribution in [2.24, 2.45) is 0 Å². The number of hydrogen-bond donors (Lipinski definition) is 2. The maximum atomic E-state index is 10.2. The first-order valence-corrected chi connectivity index (χ1v) is 6.86. The minimum Gasteiger partial charge on any atom is -0.394 e. The highest BCUT2D eigenvalue weighted by molar-refractivity contribution is 5.21. The molecular weight excluding hydrogens is 242 g/mol. The molecule has 19 heavy (non-hydrogen) atoms. The molecule has 4 nitrogen and oxygen atoms in total. The molecule has 0 bridgehead atoms. The molecule has 0 aliphatic carbocycles. The van der Waals surface area contributed by atoms with Crippen LogP contribution >= 0.6 is 0 Å². The van der Waals surface area contributed by atoms with Crippen LogP contribution in [-0.2, 0) is 4.74 Å². The summed E-state index contributed by atoms with van der Waals surface area (Å²) in [5.74, 6) is 0. The quantitative estimate of drug-likeness (QED) is 0.811. The van der Waals surface area contributed by atoms with Crippen molar-refractivity contribution < 1.29 is 14.9 Å². The van der Waals surface area contributed by atoms with E-state index in [2.05, 4.69) is 4.90 Å². The van der Waals surface area contributed by atoms with Gasteiger partial charge < -0.3 is 14.9 Å². The van der Waals surface area contributed by atoms with E-state index in [1.54, 1.807) is 7.11 Å². The van der Waals surface area contributed by atoms with E-state index in [0.717, 1.165) is 24.9 Å². The molecule has 1 aromatic carbocycles. The molecule has 0 amide bonds. The van der Waals surface area contributed by atoms with Gasteiger partial charge in [0.2, 0.25) is 0 Å². The standard InChI is InChI=1S/C15H23NO3/c1-19-11-13-8-5-9-16(13)15(14(18)10-17)12-6-3-2-4-7-12/h2-4,6-7,13-15,17-18H,5,8-11H2,1H3/t13-,14+,15-/m1/s1. The molecule has 1 fully saturated rings. The zero-order chi connectivity index (χ0) is 13.7. The molecule has 0 aromatic heterocycles. The maximum absolute atomic E-state index is 10.2. The van der Waals surface area contributed by atoms with Crippen LogP contribution in [0.3, 0.4) is 0 Å². The first kappa shape index (κ1) is 14.5. The van der Waals surface area contributed by atoms with Gasteiger partial charge in [0, 0.05) is 13.2 Å². The maximum Gasteiger partial charge on any atom is 0.0967 e. The van der Waals surface area contributed by atoms with Gasteiger partial charge in [-0.1, -0.05) is 30.3 Å². The molecule has 0 saturated carbocycles. The minimum atomic E-state index is -0.764. The number of rotatable bonds is 6. The Balaban J connectivity index is 2.22. The van der Waals surface area contributed by atoms with Crippen LogP contribution in [0.5, 0.6) is 0 Å². The second kappa shape index (κ2) is 7.01. The third-order valence-electron chi connectivity index (χ3n) is 3.83. The van der Waals surface area contributed by atoms with Gasteiger partial charge in [-0.3, -0.25) is 4.90 Å². The van der Waals surface area contributed by atoms with Crippen LogP contribution in [-0.4, -0.2) is 54.1 Å². The molecule has 0 unspecified atom stereocenters. The zero-order valence-electron chi connectivity index (χ0n) is 11.4. The van der Waals surface area contributed by atoms with Crippen molar-refractivity contribution in [3.8, 4) is 0 Å². The summed E-state index contributed by atoms with van der Waals surface area (Å²) >= 11 is 0. The van der Waals surface area contributed by atoms with E-state index in [-0.39, 0.29) is 12.6 Å².